The van der Waals surface area contributed by atoms with Gasteiger partial charge in [-0.15, -0.1) is 11.3 Å². The maximum atomic E-state index is 11.6. The lowest BCUT2D eigenvalue weighted by Crippen LogP contribution is -2.30. The molecule has 4 heteroatoms. The lowest BCUT2D eigenvalue weighted by Gasteiger charge is -2.17. The Morgan fingerprint density at radius 3 is 2.71 bits per heavy atom. The van der Waals surface area contributed by atoms with Crippen LogP contribution in [-0.2, 0) is 11.2 Å². The van der Waals surface area contributed by atoms with Gasteiger partial charge in [0.05, 0.1) is 5.01 Å². The van der Waals surface area contributed by atoms with Gasteiger partial charge in [0, 0.05) is 37.5 Å². The predicted molar refractivity (Wildman–Crippen MR) is 58.4 cm³/mol. The molecular weight excluding hydrogens is 196 g/mol. The summed E-state index contributed by atoms with van der Waals surface area (Å²) in [7, 11) is 0. The second kappa shape index (κ2) is 5.75. The Morgan fingerprint density at radius 1 is 1.50 bits per heavy atom. The fourth-order valence-electron chi connectivity index (χ4n) is 1.32. The molecule has 0 bridgehead atoms. The molecule has 0 atom stereocenters. The number of thiazole rings is 1. The Morgan fingerprint density at radius 2 is 2.21 bits per heavy atom. The van der Waals surface area contributed by atoms with E-state index in [2.05, 4.69) is 4.98 Å². The summed E-state index contributed by atoms with van der Waals surface area (Å²) in [5.41, 5.74) is 0. The Kier molecular flexibility index (Phi) is 4.59. The van der Waals surface area contributed by atoms with E-state index in [9.17, 15) is 4.79 Å². The smallest absolute Gasteiger partial charge is 0.222 e. The van der Waals surface area contributed by atoms with Crippen LogP contribution in [0.15, 0.2) is 11.6 Å². The van der Waals surface area contributed by atoms with Crippen molar-refractivity contribution in [1.82, 2.24) is 9.88 Å². The molecule has 14 heavy (non-hydrogen) atoms. The molecule has 1 amide bonds. The van der Waals surface area contributed by atoms with Gasteiger partial charge in [-0.2, -0.15) is 0 Å². The van der Waals surface area contributed by atoms with Crippen LogP contribution in [0.25, 0.3) is 0 Å². The van der Waals surface area contributed by atoms with Crippen molar-refractivity contribution in [3.05, 3.63) is 16.6 Å². The van der Waals surface area contributed by atoms with Crippen LogP contribution in [0, 0.1) is 0 Å². The zero-order valence-electron chi connectivity index (χ0n) is 8.69. The maximum Gasteiger partial charge on any atom is 0.222 e. The molecule has 1 aromatic rings. The van der Waals surface area contributed by atoms with Crippen LogP contribution in [0.4, 0.5) is 0 Å². The molecule has 78 valence electrons. The third kappa shape index (κ3) is 3.10. The normalized spacial score (nSPS) is 10.1. The summed E-state index contributed by atoms with van der Waals surface area (Å²) in [4.78, 5) is 17.6. The minimum absolute atomic E-state index is 0.227. The third-order valence-electron chi connectivity index (χ3n) is 2.15. The van der Waals surface area contributed by atoms with Gasteiger partial charge < -0.3 is 4.90 Å². The number of nitrogens with zero attached hydrogens (tertiary/aromatic N) is 2. The summed E-state index contributed by atoms with van der Waals surface area (Å²) in [6.07, 6.45) is 3.13. The van der Waals surface area contributed by atoms with Crippen molar-refractivity contribution in [2.45, 2.75) is 26.7 Å². The molecule has 0 N–H and O–H groups in total. The first-order valence-corrected chi connectivity index (χ1v) is 5.82. The molecule has 0 radical (unpaired) electrons. The minimum atomic E-state index is 0.227. The molecule has 0 saturated carbocycles. The number of aryl methyl sites for hydroxylation is 1. The summed E-state index contributed by atoms with van der Waals surface area (Å²) in [6.45, 7) is 5.61. The zero-order chi connectivity index (χ0) is 10.4. The van der Waals surface area contributed by atoms with Gasteiger partial charge in [-0.05, 0) is 13.8 Å². The molecule has 1 aromatic heterocycles. The molecule has 0 saturated heterocycles. The Hall–Kier alpha value is -0.900. The van der Waals surface area contributed by atoms with Crippen LogP contribution >= 0.6 is 11.3 Å². The van der Waals surface area contributed by atoms with Crippen LogP contribution in [0.2, 0.25) is 0 Å². The SMILES string of the molecule is CCN(CC)C(=O)CCc1nccs1. The van der Waals surface area contributed by atoms with Crippen LogP contribution in [0.1, 0.15) is 25.3 Å². The van der Waals surface area contributed by atoms with Gasteiger partial charge in [-0.3, -0.25) is 4.79 Å². The highest BCUT2D eigenvalue weighted by molar-refractivity contribution is 7.09. The number of aromatic nitrogens is 1. The zero-order valence-corrected chi connectivity index (χ0v) is 9.51. The van der Waals surface area contributed by atoms with Crippen molar-refractivity contribution >= 4 is 17.2 Å². The maximum absolute atomic E-state index is 11.6. The van der Waals surface area contributed by atoms with E-state index in [4.69, 9.17) is 0 Å². The molecule has 0 fully saturated rings. The van der Waals surface area contributed by atoms with Crippen molar-refractivity contribution in [2.75, 3.05) is 13.1 Å². The van der Waals surface area contributed by atoms with E-state index in [1.807, 2.05) is 24.1 Å². The average molecular weight is 212 g/mol. The lowest BCUT2D eigenvalue weighted by molar-refractivity contribution is -0.130. The fraction of sp³-hybridized carbons (Fsp3) is 0.600. The molecule has 0 unspecified atom stereocenters. The quantitative estimate of drug-likeness (QED) is 0.747. The highest BCUT2D eigenvalue weighted by Crippen LogP contribution is 2.07. The van der Waals surface area contributed by atoms with Crippen LogP contribution in [-0.4, -0.2) is 28.9 Å². The van der Waals surface area contributed by atoms with Gasteiger partial charge in [0.25, 0.3) is 0 Å². The van der Waals surface area contributed by atoms with Gasteiger partial charge >= 0.3 is 0 Å². The average Bonchev–Trinajstić information content (AvgIpc) is 2.69. The summed E-state index contributed by atoms with van der Waals surface area (Å²) in [5, 5.41) is 2.99. The summed E-state index contributed by atoms with van der Waals surface area (Å²) >= 11 is 1.61. The molecule has 1 heterocycles. The van der Waals surface area contributed by atoms with Crippen molar-refractivity contribution in [3.8, 4) is 0 Å². The summed E-state index contributed by atoms with van der Waals surface area (Å²) in [5.74, 6) is 0.227. The van der Waals surface area contributed by atoms with Crippen LogP contribution in [0.5, 0.6) is 0 Å². The van der Waals surface area contributed by atoms with Gasteiger partial charge in [-0.1, -0.05) is 0 Å². The Labute approximate surface area is 88.8 Å². The minimum Gasteiger partial charge on any atom is -0.343 e. The van der Waals surface area contributed by atoms with Gasteiger partial charge in [0.15, 0.2) is 0 Å². The van der Waals surface area contributed by atoms with Crippen molar-refractivity contribution in [1.29, 1.82) is 0 Å². The third-order valence-corrected chi connectivity index (χ3v) is 2.99. The number of rotatable bonds is 5. The Balaban J connectivity index is 2.34. The first-order valence-electron chi connectivity index (χ1n) is 4.94. The van der Waals surface area contributed by atoms with E-state index in [0.29, 0.717) is 6.42 Å². The van der Waals surface area contributed by atoms with E-state index in [1.54, 1.807) is 17.5 Å². The second-order valence-corrected chi connectivity index (χ2v) is 3.97. The highest BCUT2D eigenvalue weighted by Gasteiger charge is 2.09. The molecule has 3 nitrogen and oxygen atoms in total. The molecular formula is C10H16N2OS. The van der Waals surface area contributed by atoms with Crippen molar-refractivity contribution in [3.63, 3.8) is 0 Å². The molecule has 0 aliphatic carbocycles. The monoisotopic (exact) mass is 212 g/mol. The van der Waals surface area contributed by atoms with Gasteiger partial charge in [0.2, 0.25) is 5.91 Å². The molecule has 0 aliphatic heterocycles. The summed E-state index contributed by atoms with van der Waals surface area (Å²) in [6, 6.07) is 0. The fourth-order valence-corrected chi connectivity index (χ4v) is 1.95. The van der Waals surface area contributed by atoms with Crippen LogP contribution < -0.4 is 0 Å². The molecule has 0 spiro atoms. The number of amides is 1. The first-order chi connectivity index (χ1) is 6.77. The Bertz CT molecular complexity index is 268. The van der Waals surface area contributed by atoms with E-state index in [-0.39, 0.29) is 5.91 Å². The number of carbonyl (C=O) groups excluding carboxylic acids is 1. The molecule has 0 aliphatic rings. The highest BCUT2D eigenvalue weighted by atomic mass is 32.1. The van der Waals surface area contributed by atoms with E-state index < -0.39 is 0 Å². The standard InChI is InChI=1S/C10H16N2OS/c1-3-12(4-2)10(13)6-5-9-11-7-8-14-9/h7-8H,3-6H2,1-2H3. The molecule has 0 aromatic carbocycles. The van der Waals surface area contributed by atoms with Crippen molar-refractivity contribution < 1.29 is 4.79 Å². The molecule has 1 rings (SSSR count). The van der Waals surface area contributed by atoms with Crippen molar-refractivity contribution in [2.24, 2.45) is 0 Å². The largest absolute Gasteiger partial charge is 0.343 e. The number of hydrogen-bond acceptors (Lipinski definition) is 3. The lowest BCUT2D eigenvalue weighted by atomic mass is 10.3. The van der Waals surface area contributed by atoms with E-state index in [1.165, 1.54) is 0 Å². The second-order valence-electron chi connectivity index (χ2n) is 2.99. The van der Waals surface area contributed by atoms with E-state index >= 15 is 0 Å². The topological polar surface area (TPSA) is 33.2 Å². The number of hydrogen-bond donors (Lipinski definition) is 0. The summed E-state index contributed by atoms with van der Waals surface area (Å²) < 4.78 is 0. The number of carbonyl (C=O) groups is 1. The van der Waals surface area contributed by atoms with Crippen LogP contribution in [0.3, 0.4) is 0 Å². The van der Waals surface area contributed by atoms with Gasteiger partial charge in [0.1, 0.15) is 0 Å². The first kappa shape index (κ1) is 11.2. The van der Waals surface area contributed by atoms with E-state index in [0.717, 1.165) is 24.5 Å². The predicted octanol–water partition coefficient (Wildman–Crippen LogP) is 1.94. The van der Waals surface area contributed by atoms with Gasteiger partial charge in [-0.25, -0.2) is 4.98 Å².